The molecule has 0 heterocycles. The van der Waals surface area contributed by atoms with Gasteiger partial charge in [0.25, 0.3) is 5.91 Å². The van der Waals surface area contributed by atoms with Crippen molar-refractivity contribution in [3.05, 3.63) is 102 Å². The molecule has 0 aliphatic rings. The third-order valence-electron chi connectivity index (χ3n) is 3.87. The van der Waals surface area contributed by atoms with Crippen LogP contribution in [0.4, 0.5) is 5.69 Å². The molecule has 0 bridgehead atoms. The number of hydrogen-bond acceptors (Lipinski definition) is 1. The van der Waals surface area contributed by atoms with Crippen LogP contribution in [-0.2, 0) is 6.54 Å². The van der Waals surface area contributed by atoms with Gasteiger partial charge in [-0.2, -0.15) is 0 Å². The van der Waals surface area contributed by atoms with E-state index in [0.717, 1.165) is 22.4 Å². The molecule has 3 rings (SSSR count). The van der Waals surface area contributed by atoms with Crippen molar-refractivity contribution in [3.8, 4) is 0 Å². The summed E-state index contributed by atoms with van der Waals surface area (Å²) < 4.78 is 0. The molecule has 0 saturated carbocycles. The van der Waals surface area contributed by atoms with Gasteiger partial charge < -0.3 is 4.90 Å². The molecule has 23 heavy (non-hydrogen) atoms. The Balaban J connectivity index is 1.98. The third kappa shape index (κ3) is 3.49. The Hall–Kier alpha value is -2.87. The highest BCUT2D eigenvalue weighted by Crippen LogP contribution is 2.21. The van der Waals surface area contributed by atoms with Crippen LogP contribution in [-0.4, -0.2) is 5.91 Å². The average Bonchev–Trinajstić information content (AvgIpc) is 2.61. The third-order valence-corrected chi connectivity index (χ3v) is 3.87. The molecule has 1 amide bonds. The Labute approximate surface area is 137 Å². The van der Waals surface area contributed by atoms with Gasteiger partial charge in [-0.3, -0.25) is 4.79 Å². The van der Waals surface area contributed by atoms with Gasteiger partial charge in [-0.15, -0.1) is 0 Å². The van der Waals surface area contributed by atoms with Crippen LogP contribution in [0.1, 0.15) is 21.5 Å². The minimum Gasteiger partial charge on any atom is -0.304 e. The number of anilines is 1. The van der Waals surface area contributed by atoms with E-state index in [-0.39, 0.29) is 5.91 Å². The van der Waals surface area contributed by atoms with Crippen LogP contribution in [0.15, 0.2) is 84.9 Å². The summed E-state index contributed by atoms with van der Waals surface area (Å²) in [5.74, 6) is 0.0261. The molecule has 0 N–H and O–H groups in total. The number of para-hydroxylation sites is 1. The van der Waals surface area contributed by atoms with E-state index in [4.69, 9.17) is 0 Å². The van der Waals surface area contributed by atoms with E-state index >= 15 is 0 Å². The number of rotatable bonds is 4. The molecule has 0 aliphatic heterocycles. The zero-order valence-corrected chi connectivity index (χ0v) is 13.1. The molecule has 3 aromatic carbocycles. The van der Waals surface area contributed by atoms with Crippen molar-refractivity contribution in [3.63, 3.8) is 0 Å². The van der Waals surface area contributed by atoms with Crippen LogP contribution in [0.5, 0.6) is 0 Å². The topological polar surface area (TPSA) is 20.3 Å². The summed E-state index contributed by atoms with van der Waals surface area (Å²) in [6, 6.07) is 27.6. The van der Waals surface area contributed by atoms with Gasteiger partial charge in [-0.25, -0.2) is 0 Å². The molecule has 2 nitrogen and oxygen atoms in total. The first kappa shape index (κ1) is 15.0. The van der Waals surface area contributed by atoms with E-state index in [1.165, 1.54) is 0 Å². The van der Waals surface area contributed by atoms with Gasteiger partial charge in [0.1, 0.15) is 0 Å². The van der Waals surface area contributed by atoms with Crippen LogP contribution < -0.4 is 4.90 Å². The molecule has 0 aromatic heterocycles. The van der Waals surface area contributed by atoms with Gasteiger partial charge in [-0.1, -0.05) is 66.7 Å². The van der Waals surface area contributed by atoms with E-state index in [1.807, 2.05) is 96.8 Å². The van der Waals surface area contributed by atoms with E-state index in [0.29, 0.717) is 6.54 Å². The Bertz CT molecular complexity index is 781. The zero-order valence-electron chi connectivity index (χ0n) is 13.1. The first-order chi connectivity index (χ1) is 11.3. The number of nitrogens with zero attached hydrogens (tertiary/aromatic N) is 1. The maximum atomic E-state index is 13.1. The van der Waals surface area contributed by atoms with E-state index < -0.39 is 0 Å². The number of amides is 1. The Morgan fingerprint density at radius 2 is 1.35 bits per heavy atom. The average molecular weight is 301 g/mol. The van der Waals surface area contributed by atoms with E-state index in [2.05, 4.69) is 0 Å². The standard InChI is InChI=1S/C21H19NO/c1-17-10-8-9-15-20(17)21(23)22(19-13-6-3-7-14-19)16-18-11-4-2-5-12-18/h2-15H,16H2,1H3. The molecule has 0 spiro atoms. The van der Waals surface area contributed by atoms with Crippen LogP contribution in [0.3, 0.4) is 0 Å². The quantitative estimate of drug-likeness (QED) is 0.675. The predicted octanol–water partition coefficient (Wildman–Crippen LogP) is 4.84. The molecule has 0 atom stereocenters. The Morgan fingerprint density at radius 1 is 0.783 bits per heavy atom. The summed E-state index contributed by atoms with van der Waals surface area (Å²) in [6.07, 6.45) is 0. The van der Waals surface area contributed by atoms with Crippen LogP contribution in [0.25, 0.3) is 0 Å². The van der Waals surface area contributed by atoms with Crippen molar-refractivity contribution in [1.29, 1.82) is 0 Å². The van der Waals surface area contributed by atoms with Crippen molar-refractivity contribution in [2.45, 2.75) is 13.5 Å². The second-order valence-corrected chi connectivity index (χ2v) is 5.53. The normalized spacial score (nSPS) is 10.3. The molecule has 0 fully saturated rings. The highest BCUT2D eigenvalue weighted by molar-refractivity contribution is 6.06. The second kappa shape index (κ2) is 6.93. The Kier molecular flexibility index (Phi) is 4.53. The Morgan fingerprint density at radius 3 is 2.00 bits per heavy atom. The summed E-state index contributed by atoms with van der Waals surface area (Å²) in [5, 5.41) is 0. The van der Waals surface area contributed by atoms with Gasteiger partial charge >= 0.3 is 0 Å². The summed E-state index contributed by atoms with van der Waals surface area (Å²) in [6.45, 7) is 2.52. The van der Waals surface area contributed by atoms with Crippen LogP contribution >= 0.6 is 0 Å². The van der Waals surface area contributed by atoms with E-state index in [1.54, 1.807) is 0 Å². The summed E-state index contributed by atoms with van der Waals surface area (Å²) in [5.41, 5.74) is 3.75. The highest BCUT2D eigenvalue weighted by Gasteiger charge is 2.19. The van der Waals surface area contributed by atoms with Crippen molar-refractivity contribution in [1.82, 2.24) is 0 Å². The fourth-order valence-corrected chi connectivity index (χ4v) is 2.61. The van der Waals surface area contributed by atoms with Gasteiger partial charge in [0.2, 0.25) is 0 Å². The SMILES string of the molecule is Cc1ccccc1C(=O)N(Cc1ccccc1)c1ccccc1. The fourth-order valence-electron chi connectivity index (χ4n) is 2.61. The van der Waals surface area contributed by atoms with Crippen LogP contribution in [0, 0.1) is 6.92 Å². The lowest BCUT2D eigenvalue weighted by atomic mass is 10.1. The minimum atomic E-state index is 0.0261. The van der Waals surface area contributed by atoms with Crippen molar-refractivity contribution < 1.29 is 4.79 Å². The van der Waals surface area contributed by atoms with Gasteiger partial charge in [-0.05, 0) is 36.2 Å². The molecule has 2 heteroatoms. The highest BCUT2D eigenvalue weighted by atomic mass is 16.2. The molecule has 0 radical (unpaired) electrons. The molecular weight excluding hydrogens is 282 g/mol. The lowest BCUT2D eigenvalue weighted by Crippen LogP contribution is -2.30. The zero-order chi connectivity index (χ0) is 16.1. The first-order valence-electron chi connectivity index (χ1n) is 7.72. The van der Waals surface area contributed by atoms with E-state index in [9.17, 15) is 4.79 Å². The molecule has 0 unspecified atom stereocenters. The monoisotopic (exact) mass is 301 g/mol. The summed E-state index contributed by atoms with van der Waals surface area (Å²) in [4.78, 5) is 14.9. The second-order valence-electron chi connectivity index (χ2n) is 5.53. The summed E-state index contributed by atoms with van der Waals surface area (Å²) >= 11 is 0. The van der Waals surface area contributed by atoms with Crippen molar-refractivity contribution in [2.24, 2.45) is 0 Å². The largest absolute Gasteiger partial charge is 0.304 e. The fraction of sp³-hybridized carbons (Fsp3) is 0.0952. The minimum absolute atomic E-state index is 0.0261. The maximum Gasteiger partial charge on any atom is 0.258 e. The maximum absolute atomic E-state index is 13.1. The first-order valence-corrected chi connectivity index (χ1v) is 7.72. The van der Waals surface area contributed by atoms with Crippen molar-refractivity contribution >= 4 is 11.6 Å². The number of hydrogen-bond donors (Lipinski definition) is 0. The smallest absolute Gasteiger partial charge is 0.258 e. The van der Waals surface area contributed by atoms with Gasteiger partial charge in [0, 0.05) is 11.3 Å². The predicted molar refractivity (Wildman–Crippen MR) is 94.6 cm³/mol. The molecular formula is C21H19NO. The van der Waals surface area contributed by atoms with Crippen molar-refractivity contribution in [2.75, 3.05) is 4.90 Å². The lowest BCUT2D eigenvalue weighted by molar-refractivity contribution is 0.0984. The number of carbonyl (C=O) groups excluding carboxylic acids is 1. The molecule has 114 valence electrons. The summed E-state index contributed by atoms with van der Waals surface area (Å²) in [7, 11) is 0. The van der Waals surface area contributed by atoms with Gasteiger partial charge in [0.05, 0.1) is 6.54 Å². The number of benzene rings is 3. The molecule has 0 saturated heterocycles. The lowest BCUT2D eigenvalue weighted by Gasteiger charge is -2.24. The number of carbonyl (C=O) groups is 1. The number of aryl methyl sites for hydroxylation is 1. The van der Waals surface area contributed by atoms with Crippen LogP contribution in [0.2, 0.25) is 0 Å². The molecule has 3 aromatic rings. The molecule has 0 aliphatic carbocycles. The van der Waals surface area contributed by atoms with Gasteiger partial charge in [0.15, 0.2) is 0 Å².